The number of pyridine rings is 1. The van der Waals surface area contributed by atoms with Crippen molar-refractivity contribution in [1.82, 2.24) is 15.2 Å². The van der Waals surface area contributed by atoms with Gasteiger partial charge in [0.25, 0.3) is 5.78 Å². The smallest absolute Gasteiger partial charge is 0.301 e. The molecular weight excluding hydrogens is 580 g/mol. The third-order valence-electron chi connectivity index (χ3n) is 6.50. The van der Waals surface area contributed by atoms with E-state index >= 15 is 0 Å². The van der Waals surface area contributed by atoms with E-state index in [0.717, 1.165) is 24.8 Å². The van der Waals surface area contributed by atoms with Gasteiger partial charge in [-0.1, -0.05) is 84.8 Å². The average Bonchev–Trinajstić information content (AvgIpc) is 3.57. The van der Waals surface area contributed by atoms with E-state index in [1.165, 1.54) is 40.4 Å². The molecule has 1 atom stereocenters. The van der Waals surface area contributed by atoms with Gasteiger partial charge in [0.05, 0.1) is 18.2 Å². The molecule has 1 saturated heterocycles. The second-order valence-electron chi connectivity index (χ2n) is 9.26. The summed E-state index contributed by atoms with van der Waals surface area (Å²) >= 11 is 8.93. The quantitative estimate of drug-likeness (QED) is 0.0482. The number of aliphatic hydroxyl groups excluding tert-OH is 1. The molecule has 1 N–H and O–H groups in total. The maximum Gasteiger partial charge on any atom is 0.301 e. The zero-order valence-corrected chi connectivity index (χ0v) is 24.6. The minimum Gasteiger partial charge on any atom is -0.507 e. The number of rotatable bonds is 11. The third-order valence-corrected chi connectivity index (χ3v) is 8.97. The molecule has 1 aliphatic heterocycles. The molecule has 4 aromatic rings. The van der Waals surface area contributed by atoms with Gasteiger partial charge in [0.1, 0.15) is 11.5 Å². The highest BCUT2D eigenvalue weighted by atomic mass is 35.5. The Bertz CT molecular complexity index is 1580. The van der Waals surface area contributed by atoms with E-state index in [1.54, 1.807) is 24.3 Å². The molecule has 3 heterocycles. The summed E-state index contributed by atoms with van der Waals surface area (Å²) in [4.78, 5) is 32.2. The van der Waals surface area contributed by atoms with E-state index in [2.05, 4.69) is 22.1 Å². The number of Topliss-reactive ketones (excluding diaryl/α,β-unsaturated/α-hetero) is 1. The molecule has 1 aliphatic rings. The lowest BCUT2D eigenvalue weighted by atomic mass is 9.95. The Morgan fingerprint density at radius 1 is 1.07 bits per heavy atom. The second-order valence-corrected chi connectivity index (χ2v) is 11.8. The topological polar surface area (TPSA) is 106 Å². The van der Waals surface area contributed by atoms with Crippen LogP contribution in [-0.2, 0) is 15.3 Å². The minimum atomic E-state index is -0.934. The number of benzene rings is 2. The first-order chi connectivity index (χ1) is 20.0. The van der Waals surface area contributed by atoms with Crippen molar-refractivity contribution in [2.75, 3.05) is 11.5 Å². The van der Waals surface area contributed by atoms with Gasteiger partial charge in [-0.3, -0.25) is 19.5 Å². The Balaban J connectivity index is 1.51. The number of thioether (sulfide) groups is 1. The first-order valence-electron chi connectivity index (χ1n) is 13.1. The number of anilines is 1. The fourth-order valence-corrected chi connectivity index (χ4v) is 6.59. The summed E-state index contributed by atoms with van der Waals surface area (Å²) in [6.45, 7) is 2.68. The number of hydrogen-bond donors (Lipinski definition) is 1. The highest BCUT2D eigenvalue weighted by molar-refractivity contribution is 8.00. The van der Waals surface area contributed by atoms with Crippen molar-refractivity contribution in [3.63, 3.8) is 0 Å². The van der Waals surface area contributed by atoms with Crippen LogP contribution in [0.2, 0.25) is 5.02 Å². The van der Waals surface area contributed by atoms with E-state index in [9.17, 15) is 14.7 Å². The van der Waals surface area contributed by atoms with Gasteiger partial charge < -0.3 is 9.84 Å². The van der Waals surface area contributed by atoms with Crippen LogP contribution in [0.25, 0.3) is 5.76 Å². The minimum absolute atomic E-state index is 0.0372. The van der Waals surface area contributed by atoms with Crippen molar-refractivity contribution >= 4 is 57.3 Å². The van der Waals surface area contributed by atoms with E-state index < -0.39 is 17.7 Å². The number of carbonyl (C=O) groups is 2. The van der Waals surface area contributed by atoms with Gasteiger partial charge in [-0.05, 0) is 47.9 Å². The standard InChI is InChI=1S/C30H27ClN4O4S2/c1-2-3-6-16-39-22-10-7-9-20(17-22)25-24(26(36)19-12-14-32-15-13-19)27(37)28(38)35(25)29-33-34-30(41-29)40-18-21-8-4-5-11-23(21)31/h4-5,7-15,17,25,36H,2-3,6,16,18H2,1H3/b26-24+. The normalized spacial score (nSPS) is 16.3. The lowest BCUT2D eigenvalue weighted by Crippen LogP contribution is -2.29. The zero-order valence-electron chi connectivity index (χ0n) is 22.2. The van der Waals surface area contributed by atoms with Gasteiger partial charge in [-0.2, -0.15) is 0 Å². The zero-order chi connectivity index (χ0) is 28.8. The molecule has 5 rings (SSSR count). The van der Waals surface area contributed by atoms with Crippen molar-refractivity contribution < 1.29 is 19.4 Å². The number of aliphatic hydroxyl groups is 1. The predicted octanol–water partition coefficient (Wildman–Crippen LogP) is 7.07. The molecule has 1 unspecified atom stereocenters. The lowest BCUT2D eigenvalue weighted by Gasteiger charge is -2.23. The molecule has 0 radical (unpaired) electrons. The van der Waals surface area contributed by atoms with Crippen LogP contribution < -0.4 is 9.64 Å². The van der Waals surface area contributed by atoms with Crippen LogP contribution in [0.15, 0.2) is 83.0 Å². The molecule has 0 aliphatic carbocycles. The summed E-state index contributed by atoms with van der Waals surface area (Å²) in [6, 6.07) is 17.0. The number of ketones is 1. The summed E-state index contributed by atoms with van der Waals surface area (Å²) in [6.07, 6.45) is 6.07. The molecule has 1 fully saturated rings. The Labute approximate surface area is 251 Å². The summed E-state index contributed by atoms with van der Waals surface area (Å²) in [5.74, 6) is -0.708. The number of hydrogen-bond acceptors (Lipinski definition) is 9. The number of ether oxygens (including phenoxy) is 1. The number of amides is 1. The van der Waals surface area contributed by atoms with Crippen molar-refractivity contribution in [2.45, 2.75) is 42.3 Å². The van der Waals surface area contributed by atoms with Gasteiger partial charge in [0.2, 0.25) is 5.13 Å². The van der Waals surface area contributed by atoms with Gasteiger partial charge in [0.15, 0.2) is 4.34 Å². The summed E-state index contributed by atoms with van der Waals surface area (Å²) in [5.41, 5.74) is 1.89. The SMILES string of the molecule is CCCCCOc1cccc(C2/C(=C(\O)c3ccncc3)C(=O)C(=O)N2c2nnc(SCc3ccccc3Cl)s2)c1. The number of unbranched alkanes of at least 4 members (excludes halogenated alkanes) is 2. The molecule has 210 valence electrons. The lowest BCUT2D eigenvalue weighted by molar-refractivity contribution is -0.132. The fraction of sp³-hybridized carbons (Fsp3) is 0.233. The fourth-order valence-electron chi connectivity index (χ4n) is 4.44. The molecule has 11 heteroatoms. The number of aromatic nitrogens is 3. The molecule has 2 aromatic carbocycles. The van der Waals surface area contributed by atoms with E-state index in [-0.39, 0.29) is 16.5 Å². The summed E-state index contributed by atoms with van der Waals surface area (Å²) < 4.78 is 6.57. The Kier molecular flexibility index (Phi) is 9.33. The van der Waals surface area contributed by atoms with E-state index in [0.29, 0.717) is 38.6 Å². The van der Waals surface area contributed by atoms with Crippen molar-refractivity contribution in [1.29, 1.82) is 0 Å². The predicted molar refractivity (Wildman–Crippen MR) is 161 cm³/mol. The molecule has 1 amide bonds. The third kappa shape index (κ3) is 6.45. The van der Waals surface area contributed by atoms with Crippen LogP contribution in [0.3, 0.4) is 0 Å². The summed E-state index contributed by atoms with van der Waals surface area (Å²) in [7, 11) is 0. The maximum absolute atomic E-state index is 13.5. The monoisotopic (exact) mass is 606 g/mol. The van der Waals surface area contributed by atoms with E-state index in [4.69, 9.17) is 16.3 Å². The van der Waals surface area contributed by atoms with Gasteiger partial charge in [0, 0.05) is 28.7 Å². The van der Waals surface area contributed by atoms with E-state index in [1.807, 2.05) is 36.4 Å². The largest absolute Gasteiger partial charge is 0.507 e. The first-order valence-corrected chi connectivity index (χ1v) is 15.3. The van der Waals surface area contributed by atoms with Crippen LogP contribution in [0, 0.1) is 0 Å². The molecule has 8 nitrogen and oxygen atoms in total. The second kappa shape index (κ2) is 13.3. The highest BCUT2D eigenvalue weighted by Crippen LogP contribution is 2.44. The van der Waals surface area contributed by atoms with Crippen molar-refractivity contribution in [3.05, 3.63) is 100 Å². The first kappa shape index (κ1) is 28.8. The van der Waals surface area contributed by atoms with Gasteiger partial charge in [-0.25, -0.2) is 0 Å². The van der Waals surface area contributed by atoms with Crippen LogP contribution in [0.4, 0.5) is 5.13 Å². The number of nitrogens with zero attached hydrogens (tertiary/aromatic N) is 4. The molecule has 0 spiro atoms. The highest BCUT2D eigenvalue weighted by Gasteiger charge is 2.48. The maximum atomic E-state index is 13.5. The van der Waals surface area contributed by atoms with Crippen molar-refractivity contribution in [2.24, 2.45) is 0 Å². The van der Waals surface area contributed by atoms with Crippen LogP contribution >= 0.6 is 34.7 Å². The molecule has 0 saturated carbocycles. The van der Waals surface area contributed by atoms with Crippen LogP contribution in [0.1, 0.15) is 48.9 Å². The van der Waals surface area contributed by atoms with Crippen LogP contribution in [0.5, 0.6) is 5.75 Å². The van der Waals surface area contributed by atoms with Gasteiger partial charge >= 0.3 is 5.91 Å². The van der Waals surface area contributed by atoms with Gasteiger partial charge in [-0.15, -0.1) is 10.2 Å². The molecule has 2 aromatic heterocycles. The molecule has 0 bridgehead atoms. The molecular formula is C30H27ClN4O4S2. The average molecular weight is 607 g/mol. The van der Waals surface area contributed by atoms with Crippen LogP contribution in [-0.4, -0.2) is 38.6 Å². The van der Waals surface area contributed by atoms with Crippen molar-refractivity contribution in [3.8, 4) is 5.75 Å². The Morgan fingerprint density at radius 3 is 2.66 bits per heavy atom. The summed E-state index contributed by atoms with van der Waals surface area (Å²) in [5, 5.41) is 20.7. The Hall–Kier alpha value is -3.73. The molecule has 41 heavy (non-hydrogen) atoms. The number of halogens is 1. The Morgan fingerprint density at radius 2 is 1.88 bits per heavy atom. The number of carbonyl (C=O) groups excluding carboxylic acids is 2.